The monoisotopic (exact) mass is 348 g/mol. The molecular weight excluding hydrogens is 320 g/mol. The standard InChI is InChI=1S/C16H28O8/c1-3-8-22-15-13(19)11(10-17)24-16(14(15)20)23-9-6-4-5-7-12(18)21-2/h3,11,13-17,19-20H,1,4-10H2,2H3/t11-,13+,14-,15+,16+/m1/s1. The summed E-state index contributed by atoms with van der Waals surface area (Å²) in [4.78, 5) is 11.0. The van der Waals surface area contributed by atoms with Gasteiger partial charge in [-0.15, -0.1) is 6.58 Å². The summed E-state index contributed by atoms with van der Waals surface area (Å²) in [5, 5.41) is 29.6. The van der Waals surface area contributed by atoms with Crippen LogP contribution in [-0.2, 0) is 23.7 Å². The van der Waals surface area contributed by atoms with Crippen LogP contribution in [0.4, 0.5) is 0 Å². The average Bonchev–Trinajstić information content (AvgIpc) is 2.59. The molecule has 8 heteroatoms. The maximum absolute atomic E-state index is 11.0. The number of esters is 1. The topological polar surface area (TPSA) is 115 Å². The summed E-state index contributed by atoms with van der Waals surface area (Å²) < 4.78 is 20.8. The Labute approximate surface area is 142 Å². The summed E-state index contributed by atoms with van der Waals surface area (Å²) in [6.45, 7) is 3.56. The molecule has 1 rings (SSSR count). The molecule has 0 bridgehead atoms. The van der Waals surface area contributed by atoms with Gasteiger partial charge < -0.3 is 34.3 Å². The Bertz CT molecular complexity index is 375. The molecular formula is C16H28O8. The molecule has 0 amide bonds. The van der Waals surface area contributed by atoms with Crippen molar-refractivity contribution in [3.63, 3.8) is 0 Å². The van der Waals surface area contributed by atoms with Crippen molar-refractivity contribution < 1.29 is 39.1 Å². The number of hydrogen-bond acceptors (Lipinski definition) is 8. The average molecular weight is 348 g/mol. The van der Waals surface area contributed by atoms with E-state index in [4.69, 9.17) is 14.2 Å². The van der Waals surface area contributed by atoms with Crippen molar-refractivity contribution in [1.29, 1.82) is 0 Å². The van der Waals surface area contributed by atoms with E-state index in [2.05, 4.69) is 11.3 Å². The van der Waals surface area contributed by atoms with Gasteiger partial charge in [-0.3, -0.25) is 4.79 Å². The van der Waals surface area contributed by atoms with E-state index in [0.29, 0.717) is 25.9 Å². The molecule has 0 aromatic heterocycles. The molecule has 1 saturated heterocycles. The highest BCUT2D eigenvalue weighted by Crippen LogP contribution is 2.24. The Morgan fingerprint density at radius 3 is 2.58 bits per heavy atom. The van der Waals surface area contributed by atoms with Crippen molar-refractivity contribution in [2.45, 2.75) is 56.4 Å². The highest BCUT2D eigenvalue weighted by atomic mass is 16.7. The first kappa shape index (κ1) is 21.0. The SMILES string of the molecule is C=CCO[C@H]1[C@@H](O)[C@@H](CO)O[C@H](OCCCCCC(=O)OC)[C@@H]1O. The molecule has 0 spiro atoms. The molecule has 0 aromatic carbocycles. The number of hydrogen-bond donors (Lipinski definition) is 3. The zero-order valence-corrected chi connectivity index (χ0v) is 14.0. The minimum atomic E-state index is -1.18. The van der Waals surface area contributed by atoms with Gasteiger partial charge in [0.15, 0.2) is 6.29 Å². The van der Waals surface area contributed by atoms with E-state index in [-0.39, 0.29) is 12.6 Å². The van der Waals surface area contributed by atoms with Crippen molar-refractivity contribution >= 4 is 5.97 Å². The van der Waals surface area contributed by atoms with Crippen molar-refractivity contribution in [3.05, 3.63) is 12.7 Å². The fourth-order valence-corrected chi connectivity index (χ4v) is 2.42. The van der Waals surface area contributed by atoms with Gasteiger partial charge in [0.2, 0.25) is 0 Å². The first-order valence-electron chi connectivity index (χ1n) is 8.08. The highest BCUT2D eigenvalue weighted by molar-refractivity contribution is 5.68. The minimum absolute atomic E-state index is 0.150. The second-order valence-electron chi connectivity index (χ2n) is 5.55. The smallest absolute Gasteiger partial charge is 0.305 e. The molecule has 140 valence electrons. The summed E-state index contributed by atoms with van der Waals surface area (Å²) in [6.07, 6.45) is -1.19. The normalized spacial score (nSPS) is 30.1. The molecule has 8 nitrogen and oxygen atoms in total. The third-order valence-electron chi connectivity index (χ3n) is 3.76. The van der Waals surface area contributed by atoms with Crippen molar-refractivity contribution in [3.8, 4) is 0 Å². The summed E-state index contributed by atoms with van der Waals surface area (Å²) in [5.41, 5.74) is 0. The number of unbranched alkanes of at least 4 members (excludes halogenated alkanes) is 2. The Morgan fingerprint density at radius 2 is 1.96 bits per heavy atom. The summed E-state index contributed by atoms with van der Waals surface area (Å²) in [7, 11) is 1.35. The summed E-state index contributed by atoms with van der Waals surface area (Å²) >= 11 is 0. The fraction of sp³-hybridized carbons (Fsp3) is 0.812. The number of aliphatic hydroxyl groups is 3. The Morgan fingerprint density at radius 1 is 1.21 bits per heavy atom. The fourth-order valence-electron chi connectivity index (χ4n) is 2.42. The maximum atomic E-state index is 11.0. The zero-order chi connectivity index (χ0) is 17.9. The van der Waals surface area contributed by atoms with Crippen LogP contribution in [0.5, 0.6) is 0 Å². The lowest BCUT2D eigenvalue weighted by molar-refractivity contribution is -0.306. The lowest BCUT2D eigenvalue weighted by atomic mass is 9.99. The number of methoxy groups -OCH3 is 1. The van der Waals surface area contributed by atoms with Gasteiger partial charge in [0, 0.05) is 13.0 Å². The highest BCUT2D eigenvalue weighted by Gasteiger charge is 2.45. The van der Waals surface area contributed by atoms with Crippen LogP contribution < -0.4 is 0 Å². The second-order valence-corrected chi connectivity index (χ2v) is 5.55. The number of carbonyl (C=O) groups is 1. The molecule has 0 saturated carbocycles. The molecule has 0 unspecified atom stereocenters. The van der Waals surface area contributed by atoms with Gasteiger partial charge in [0.25, 0.3) is 0 Å². The van der Waals surface area contributed by atoms with Crippen molar-refractivity contribution in [1.82, 2.24) is 0 Å². The number of aliphatic hydroxyl groups excluding tert-OH is 3. The maximum Gasteiger partial charge on any atom is 0.305 e. The van der Waals surface area contributed by atoms with Gasteiger partial charge in [0.1, 0.15) is 24.4 Å². The van der Waals surface area contributed by atoms with E-state index in [1.807, 2.05) is 0 Å². The van der Waals surface area contributed by atoms with E-state index in [1.54, 1.807) is 0 Å². The number of carbonyl (C=O) groups excluding carboxylic acids is 1. The third kappa shape index (κ3) is 6.46. The van der Waals surface area contributed by atoms with Crippen LogP contribution in [-0.4, -0.2) is 78.9 Å². The molecule has 3 N–H and O–H groups in total. The van der Waals surface area contributed by atoms with E-state index in [1.165, 1.54) is 13.2 Å². The van der Waals surface area contributed by atoms with Crippen LogP contribution in [0.2, 0.25) is 0 Å². The first-order valence-corrected chi connectivity index (χ1v) is 8.08. The number of rotatable bonds is 11. The van der Waals surface area contributed by atoms with Gasteiger partial charge in [-0.25, -0.2) is 0 Å². The van der Waals surface area contributed by atoms with E-state index in [9.17, 15) is 20.1 Å². The van der Waals surface area contributed by atoms with E-state index < -0.39 is 37.3 Å². The van der Waals surface area contributed by atoms with Gasteiger partial charge in [-0.05, 0) is 12.8 Å². The van der Waals surface area contributed by atoms with E-state index in [0.717, 1.165) is 6.42 Å². The van der Waals surface area contributed by atoms with Crippen molar-refractivity contribution in [2.24, 2.45) is 0 Å². The third-order valence-corrected chi connectivity index (χ3v) is 3.76. The van der Waals surface area contributed by atoms with E-state index >= 15 is 0 Å². The van der Waals surface area contributed by atoms with Crippen LogP contribution in [0.15, 0.2) is 12.7 Å². The van der Waals surface area contributed by atoms with Gasteiger partial charge in [-0.1, -0.05) is 12.5 Å². The second kappa shape index (κ2) is 11.5. The molecule has 1 aliphatic rings. The molecule has 1 aliphatic heterocycles. The molecule has 1 heterocycles. The quantitative estimate of drug-likeness (QED) is 0.266. The zero-order valence-electron chi connectivity index (χ0n) is 14.0. The lowest BCUT2D eigenvalue weighted by Crippen LogP contribution is -2.60. The predicted molar refractivity (Wildman–Crippen MR) is 84.1 cm³/mol. The molecule has 0 aromatic rings. The van der Waals surface area contributed by atoms with Gasteiger partial charge in [-0.2, -0.15) is 0 Å². The van der Waals surface area contributed by atoms with Crippen LogP contribution in [0.1, 0.15) is 25.7 Å². The van der Waals surface area contributed by atoms with Crippen LogP contribution in [0, 0.1) is 0 Å². The van der Waals surface area contributed by atoms with Crippen LogP contribution >= 0.6 is 0 Å². The minimum Gasteiger partial charge on any atom is -0.469 e. The molecule has 0 radical (unpaired) electrons. The predicted octanol–water partition coefficient (Wildman–Crippen LogP) is -0.253. The molecule has 5 atom stereocenters. The molecule has 0 aliphatic carbocycles. The van der Waals surface area contributed by atoms with Gasteiger partial charge >= 0.3 is 5.97 Å². The first-order chi connectivity index (χ1) is 11.5. The Balaban J connectivity index is 2.39. The number of ether oxygens (including phenoxy) is 4. The van der Waals surface area contributed by atoms with Gasteiger partial charge in [0.05, 0.1) is 20.3 Å². The largest absolute Gasteiger partial charge is 0.469 e. The Kier molecular flexibility index (Phi) is 10.1. The summed E-state index contributed by atoms with van der Waals surface area (Å²) in [6, 6.07) is 0. The molecule has 1 fully saturated rings. The molecule has 24 heavy (non-hydrogen) atoms. The lowest BCUT2D eigenvalue weighted by Gasteiger charge is -2.41. The summed E-state index contributed by atoms with van der Waals surface area (Å²) in [5.74, 6) is -0.246. The van der Waals surface area contributed by atoms with Crippen LogP contribution in [0.3, 0.4) is 0 Å². The Hall–Kier alpha value is -1.03. The van der Waals surface area contributed by atoms with Crippen LogP contribution in [0.25, 0.3) is 0 Å². The van der Waals surface area contributed by atoms with Crippen molar-refractivity contribution in [2.75, 3.05) is 26.9 Å².